The lowest BCUT2D eigenvalue weighted by Crippen LogP contribution is -2.43. The van der Waals surface area contributed by atoms with Crippen LogP contribution in [0.5, 0.6) is 0 Å². The Morgan fingerprint density at radius 1 is 1.10 bits per heavy atom. The van der Waals surface area contributed by atoms with E-state index in [9.17, 15) is 9.59 Å². The molecule has 154 valence electrons. The number of aromatic carboxylic acids is 1. The molecule has 1 aromatic carbocycles. The van der Waals surface area contributed by atoms with Crippen LogP contribution in [0.15, 0.2) is 36.5 Å². The number of carbonyl (C=O) groups excluding carboxylic acids is 1. The number of ether oxygens (including phenoxy) is 1. The van der Waals surface area contributed by atoms with Gasteiger partial charge in [0.2, 0.25) is 0 Å². The van der Waals surface area contributed by atoms with Gasteiger partial charge in [-0.2, -0.15) is 9.78 Å². The molecule has 8 nitrogen and oxygen atoms in total. The van der Waals surface area contributed by atoms with E-state index in [-0.39, 0.29) is 17.8 Å². The van der Waals surface area contributed by atoms with Gasteiger partial charge in [-0.25, -0.2) is 9.59 Å². The number of piperidine rings is 1. The lowest BCUT2D eigenvalue weighted by Gasteiger charge is -2.31. The van der Waals surface area contributed by atoms with Gasteiger partial charge >= 0.3 is 12.0 Å². The smallest absolute Gasteiger partial charge is 0.356 e. The van der Waals surface area contributed by atoms with Crippen LogP contribution in [0.3, 0.4) is 0 Å². The molecule has 0 saturated carbocycles. The number of hydrogen-bond donors (Lipinski definition) is 1. The zero-order chi connectivity index (χ0) is 20.2. The monoisotopic (exact) mass is 398 g/mol. The fourth-order valence-corrected chi connectivity index (χ4v) is 3.94. The van der Waals surface area contributed by atoms with E-state index in [1.807, 2.05) is 0 Å². The normalized spacial score (nSPS) is 17.7. The fourth-order valence-electron chi connectivity index (χ4n) is 3.94. The summed E-state index contributed by atoms with van der Waals surface area (Å²) in [5.41, 5.74) is 2.31. The molecule has 0 bridgehead atoms. The number of amides is 1. The van der Waals surface area contributed by atoms with Crippen molar-refractivity contribution in [2.75, 3.05) is 31.1 Å². The van der Waals surface area contributed by atoms with Gasteiger partial charge in [0.1, 0.15) is 0 Å². The molecule has 0 aliphatic carbocycles. The molecule has 2 aromatic rings. The van der Waals surface area contributed by atoms with E-state index in [1.54, 1.807) is 4.90 Å². The lowest BCUT2D eigenvalue weighted by molar-refractivity contribution is 0.00437. The maximum Gasteiger partial charge on any atom is 0.356 e. The average Bonchev–Trinajstić information content (AvgIpc) is 3.45. The van der Waals surface area contributed by atoms with Gasteiger partial charge in [0, 0.05) is 38.1 Å². The molecule has 1 amide bonds. The van der Waals surface area contributed by atoms with Crippen LogP contribution in [0.4, 0.5) is 10.5 Å². The van der Waals surface area contributed by atoms with Gasteiger partial charge in [0.25, 0.3) is 0 Å². The van der Waals surface area contributed by atoms with Crippen molar-refractivity contribution >= 4 is 17.7 Å². The minimum Gasteiger partial charge on any atom is -0.476 e. The highest BCUT2D eigenvalue weighted by Crippen LogP contribution is 2.22. The van der Waals surface area contributed by atoms with Crippen LogP contribution in [-0.4, -0.2) is 64.1 Å². The number of benzene rings is 1. The summed E-state index contributed by atoms with van der Waals surface area (Å²) >= 11 is 0. The van der Waals surface area contributed by atoms with Crippen molar-refractivity contribution in [2.24, 2.45) is 0 Å². The third kappa shape index (κ3) is 4.59. The maximum absolute atomic E-state index is 12.5. The predicted molar refractivity (Wildman–Crippen MR) is 107 cm³/mol. The average molecular weight is 398 g/mol. The quantitative estimate of drug-likeness (QED) is 0.833. The van der Waals surface area contributed by atoms with Crippen molar-refractivity contribution in [1.82, 2.24) is 14.7 Å². The molecular formula is C21H26N4O4. The topological polar surface area (TPSA) is 87.9 Å². The molecule has 1 aromatic heterocycles. The minimum absolute atomic E-state index is 0.113. The number of carbonyl (C=O) groups is 2. The van der Waals surface area contributed by atoms with E-state index >= 15 is 0 Å². The first-order valence-corrected chi connectivity index (χ1v) is 10.1. The van der Waals surface area contributed by atoms with Gasteiger partial charge in [0.15, 0.2) is 5.69 Å². The van der Waals surface area contributed by atoms with Gasteiger partial charge in [-0.05, 0) is 49.4 Å². The highest BCUT2D eigenvalue weighted by molar-refractivity contribution is 5.86. The minimum atomic E-state index is -1.14. The SMILES string of the molecule is O=C(O)c1ccn(C(=O)N2CCC(OCc3cccc(N4CCCC4)c3)CC2)n1. The molecule has 8 heteroatoms. The number of carboxylic acids is 1. The van der Waals surface area contributed by atoms with Crippen molar-refractivity contribution in [3.63, 3.8) is 0 Å². The molecule has 2 fully saturated rings. The second-order valence-corrected chi connectivity index (χ2v) is 7.59. The van der Waals surface area contributed by atoms with Crippen molar-refractivity contribution in [3.05, 3.63) is 47.8 Å². The van der Waals surface area contributed by atoms with Crippen LogP contribution in [0.25, 0.3) is 0 Å². The second kappa shape index (κ2) is 8.65. The predicted octanol–water partition coefficient (Wildman–Crippen LogP) is 2.83. The Balaban J connectivity index is 1.26. The Morgan fingerprint density at radius 2 is 1.86 bits per heavy atom. The molecule has 0 unspecified atom stereocenters. The molecule has 0 atom stereocenters. The summed E-state index contributed by atoms with van der Waals surface area (Å²) in [7, 11) is 0. The van der Waals surface area contributed by atoms with Gasteiger partial charge in [-0.15, -0.1) is 0 Å². The van der Waals surface area contributed by atoms with Crippen LogP contribution < -0.4 is 4.90 Å². The summed E-state index contributed by atoms with van der Waals surface area (Å²) in [6.45, 7) is 3.96. The summed E-state index contributed by atoms with van der Waals surface area (Å²) in [6, 6.07) is 9.58. The molecule has 4 rings (SSSR count). The molecule has 1 N–H and O–H groups in total. The first-order valence-electron chi connectivity index (χ1n) is 10.1. The number of hydrogen-bond acceptors (Lipinski definition) is 5. The molecule has 2 aliphatic rings. The van der Waals surface area contributed by atoms with Crippen molar-refractivity contribution < 1.29 is 19.4 Å². The second-order valence-electron chi connectivity index (χ2n) is 7.59. The van der Waals surface area contributed by atoms with Gasteiger partial charge in [0.05, 0.1) is 12.7 Å². The highest BCUT2D eigenvalue weighted by Gasteiger charge is 2.25. The Labute approximate surface area is 169 Å². The Bertz CT molecular complexity index is 867. The fraction of sp³-hybridized carbons (Fsp3) is 0.476. The molecule has 29 heavy (non-hydrogen) atoms. The van der Waals surface area contributed by atoms with Crippen LogP contribution in [0.2, 0.25) is 0 Å². The number of carboxylic acid groups (broad SMARTS) is 1. The van der Waals surface area contributed by atoms with Gasteiger partial charge < -0.3 is 19.6 Å². The summed E-state index contributed by atoms with van der Waals surface area (Å²) in [4.78, 5) is 27.5. The first-order chi connectivity index (χ1) is 14.1. The molecule has 0 radical (unpaired) electrons. The molecular weight excluding hydrogens is 372 g/mol. The molecule has 3 heterocycles. The van der Waals surface area contributed by atoms with Crippen LogP contribution >= 0.6 is 0 Å². The standard InChI is InChI=1S/C21H26N4O4/c26-20(27)19-8-13-25(22-19)21(28)24-11-6-18(7-12-24)29-15-16-4-3-5-17(14-16)23-9-1-2-10-23/h3-5,8,13-14,18H,1-2,6-7,9-12,15H2,(H,26,27). The summed E-state index contributed by atoms with van der Waals surface area (Å²) in [5, 5.41) is 12.7. The summed E-state index contributed by atoms with van der Waals surface area (Å²) in [5.74, 6) is -1.14. The zero-order valence-electron chi connectivity index (χ0n) is 16.4. The largest absolute Gasteiger partial charge is 0.476 e. The number of aromatic nitrogens is 2. The highest BCUT2D eigenvalue weighted by atomic mass is 16.5. The van der Waals surface area contributed by atoms with Gasteiger partial charge in [-0.3, -0.25) is 0 Å². The third-order valence-electron chi connectivity index (χ3n) is 5.58. The Hall–Kier alpha value is -2.87. The summed E-state index contributed by atoms with van der Waals surface area (Å²) in [6.07, 6.45) is 5.53. The number of nitrogens with zero attached hydrogens (tertiary/aromatic N) is 4. The number of likely N-dealkylation sites (tertiary alicyclic amines) is 1. The lowest BCUT2D eigenvalue weighted by atomic mass is 10.1. The Morgan fingerprint density at radius 3 is 2.55 bits per heavy atom. The van der Waals surface area contributed by atoms with Gasteiger partial charge in [-0.1, -0.05) is 12.1 Å². The van der Waals surface area contributed by atoms with E-state index in [0.717, 1.165) is 30.6 Å². The molecule has 2 saturated heterocycles. The Kier molecular flexibility index (Phi) is 5.80. The van der Waals surface area contributed by atoms with Crippen molar-refractivity contribution in [2.45, 2.75) is 38.4 Å². The number of rotatable bonds is 5. The zero-order valence-corrected chi connectivity index (χ0v) is 16.4. The van der Waals surface area contributed by atoms with Crippen molar-refractivity contribution in [1.29, 1.82) is 0 Å². The van der Waals surface area contributed by atoms with E-state index in [0.29, 0.717) is 19.7 Å². The van der Waals surface area contributed by atoms with E-state index in [2.05, 4.69) is 34.3 Å². The number of anilines is 1. The first kappa shape index (κ1) is 19.4. The van der Waals surface area contributed by atoms with E-state index < -0.39 is 5.97 Å². The van der Waals surface area contributed by atoms with Crippen molar-refractivity contribution in [3.8, 4) is 0 Å². The molecule has 2 aliphatic heterocycles. The van der Waals surface area contributed by atoms with E-state index in [1.165, 1.54) is 36.4 Å². The van der Waals surface area contributed by atoms with Crippen LogP contribution in [-0.2, 0) is 11.3 Å². The third-order valence-corrected chi connectivity index (χ3v) is 5.58. The maximum atomic E-state index is 12.5. The van der Waals surface area contributed by atoms with E-state index in [4.69, 9.17) is 9.84 Å². The summed E-state index contributed by atoms with van der Waals surface area (Å²) < 4.78 is 7.19. The van der Waals surface area contributed by atoms with Crippen LogP contribution in [0, 0.1) is 0 Å². The molecule has 0 spiro atoms. The van der Waals surface area contributed by atoms with Crippen LogP contribution in [0.1, 0.15) is 41.7 Å².